The molecule has 11 heteroatoms. The molecule has 0 spiro atoms. The maximum Gasteiger partial charge on any atom is 0.247 e. The van der Waals surface area contributed by atoms with E-state index >= 15 is 0 Å². The predicted octanol–water partition coefficient (Wildman–Crippen LogP) is 8.39. The summed E-state index contributed by atoms with van der Waals surface area (Å²) in [4.78, 5) is 21.7. The molecule has 0 aliphatic carbocycles. The fraction of sp³-hybridized carbons (Fsp3) is 0.516. The first-order chi connectivity index (χ1) is 19.2. The molecule has 0 aliphatic rings. The van der Waals surface area contributed by atoms with E-state index in [0.717, 1.165) is 11.3 Å². The van der Waals surface area contributed by atoms with Crippen LogP contribution in [-0.2, 0) is 6.42 Å². The maximum atomic E-state index is 14.9. The molecule has 0 saturated heterocycles. The number of nitrogens with zero attached hydrogens (tertiary/aromatic N) is 3. The van der Waals surface area contributed by atoms with Crippen LogP contribution >= 0.6 is 11.6 Å². The van der Waals surface area contributed by atoms with Crippen molar-refractivity contribution in [3.8, 4) is 17.5 Å². The van der Waals surface area contributed by atoms with Crippen molar-refractivity contribution in [2.45, 2.75) is 96.7 Å². The van der Waals surface area contributed by atoms with Gasteiger partial charge in [-0.3, -0.25) is 0 Å². The number of hydrogen-bond acceptors (Lipinski definition) is 7. The van der Waals surface area contributed by atoms with Gasteiger partial charge in [0.05, 0.1) is 10.6 Å². The van der Waals surface area contributed by atoms with Gasteiger partial charge >= 0.3 is 0 Å². The van der Waals surface area contributed by atoms with Crippen LogP contribution < -0.4 is 5.32 Å². The highest BCUT2D eigenvalue weighted by Gasteiger charge is 2.41. The number of rotatable bonds is 11. The van der Waals surface area contributed by atoms with Gasteiger partial charge in [-0.25, -0.2) is 4.39 Å². The van der Waals surface area contributed by atoms with Crippen LogP contribution in [0.15, 0.2) is 34.7 Å². The number of aromatic nitrogens is 2. The zero-order valence-electron chi connectivity index (χ0n) is 26.4. The van der Waals surface area contributed by atoms with E-state index in [1.807, 2.05) is 53.0 Å². The first-order valence-electron chi connectivity index (χ1n) is 14.2. The van der Waals surface area contributed by atoms with Gasteiger partial charge in [0, 0.05) is 11.3 Å². The summed E-state index contributed by atoms with van der Waals surface area (Å²) in [5.41, 5.74) is 2.92. The van der Waals surface area contributed by atoms with Crippen molar-refractivity contribution in [3.63, 3.8) is 0 Å². The third-order valence-corrected chi connectivity index (χ3v) is 16.7. The molecule has 228 valence electrons. The Morgan fingerprint density at radius 2 is 1.67 bits per heavy atom. The van der Waals surface area contributed by atoms with Gasteiger partial charge in [-0.05, 0) is 103 Å². The van der Waals surface area contributed by atoms with Crippen molar-refractivity contribution in [2.24, 2.45) is 5.92 Å². The Bertz CT molecular complexity index is 1470. The van der Waals surface area contributed by atoms with Crippen LogP contribution in [0, 0.1) is 30.0 Å². The quantitative estimate of drug-likeness (QED) is 0.182. The molecule has 0 aliphatic heterocycles. The minimum atomic E-state index is -2.56. The molecular weight excluding hydrogens is 587 g/mol. The van der Waals surface area contributed by atoms with E-state index < -0.39 is 27.7 Å². The molecule has 0 radical (unpaired) electrons. The lowest BCUT2D eigenvalue weighted by molar-refractivity contribution is 0.330. The van der Waals surface area contributed by atoms with Gasteiger partial charge < -0.3 is 19.3 Å². The van der Waals surface area contributed by atoms with Crippen molar-refractivity contribution in [3.05, 3.63) is 63.8 Å². The minimum absolute atomic E-state index is 0.0534. The molecule has 0 bridgehead atoms. The van der Waals surface area contributed by atoms with Crippen molar-refractivity contribution in [1.82, 2.24) is 10.2 Å². The standard InChI is InChI=1S/C31H44ClFN4O3Si2/c1-19(16-30(3,4)41(7,8)38)27(35-25-14-12-22(18-34)26(32)20(25)2)29-37-36-28(40-29)21-11-13-24(33)23(15-21)17-31(5,6)42(9,10)39/h11-15,19,27,35,38-39H,16-17H2,1-10H3/t19-,27?/m0/s1. The monoisotopic (exact) mass is 630 g/mol. The Labute approximate surface area is 256 Å². The molecule has 3 rings (SSSR count). The summed E-state index contributed by atoms with van der Waals surface area (Å²) in [6, 6.07) is 9.88. The Balaban J connectivity index is 2.03. The fourth-order valence-corrected chi connectivity index (χ4v) is 6.38. The molecule has 3 N–H and O–H groups in total. The summed E-state index contributed by atoms with van der Waals surface area (Å²) in [7, 11) is -5.08. The third-order valence-electron chi connectivity index (χ3n) is 9.16. The molecule has 42 heavy (non-hydrogen) atoms. The largest absolute Gasteiger partial charge is 0.432 e. The van der Waals surface area contributed by atoms with Crippen LogP contribution in [0.25, 0.3) is 11.5 Å². The van der Waals surface area contributed by atoms with Crippen LogP contribution in [0.3, 0.4) is 0 Å². The zero-order valence-corrected chi connectivity index (χ0v) is 29.1. The molecule has 0 fully saturated rings. The number of anilines is 1. The van der Waals surface area contributed by atoms with E-state index in [1.54, 1.807) is 18.2 Å². The first-order valence-corrected chi connectivity index (χ1v) is 20.5. The van der Waals surface area contributed by atoms with Gasteiger partial charge in [0.1, 0.15) is 17.9 Å². The number of halogens is 2. The van der Waals surface area contributed by atoms with Crippen molar-refractivity contribution in [1.29, 1.82) is 5.26 Å². The molecule has 7 nitrogen and oxygen atoms in total. The topological polar surface area (TPSA) is 115 Å². The van der Waals surface area contributed by atoms with Gasteiger partial charge in [-0.2, -0.15) is 5.26 Å². The molecule has 2 atom stereocenters. The third kappa shape index (κ3) is 7.32. The molecule has 1 aromatic heterocycles. The number of nitriles is 1. The summed E-state index contributed by atoms with van der Waals surface area (Å²) >= 11 is 6.47. The second kappa shape index (κ2) is 12.2. The van der Waals surface area contributed by atoms with E-state index in [2.05, 4.69) is 42.4 Å². The predicted molar refractivity (Wildman–Crippen MR) is 172 cm³/mol. The lowest BCUT2D eigenvalue weighted by Crippen LogP contribution is -2.41. The first kappa shape index (κ1) is 33.9. The molecule has 0 amide bonds. The normalized spacial score (nSPS) is 14.4. The smallest absolute Gasteiger partial charge is 0.247 e. The number of nitrogens with one attached hydrogen (secondary N) is 1. The van der Waals surface area contributed by atoms with Crippen LogP contribution in [0.2, 0.25) is 41.3 Å². The zero-order chi connectivity index (χ0) is 31.8. The summed E-state index contributed by atoms with van der Waals surface area (Å²) in [5, 5.41) is 21.3. The van der Waals surface area contributed by atoms with E-state index in [-0.39, 0.29) is 22.7 Å². The molecule has 1 heterocycles. The Hall–Kier alpha value is -2.56. The van der Waals surface area contributed by atoms with Gasteiger partial charge in [0.2, 0.25) is 11.8 Å². The van der Waals surface area contributed by atoms with E-state index in [0.29, 0.717) is 40.4 Å². The SMILES string of the molecule is Cc1c(NC(c2nnc(-c3ccc(F)c(CC(C)(C)[Si](C)(C)O)c3)o2)[C@@H](C)CC(C)(C)[Si](C)(C)O)ccc(C#N)c1Cl. The van der Waals surface area contributed by atoms with Crippen molar-refractivity contribution < 1.29 is 18.4 Å². The van der Waals surface area contributed by atoms with Gasteiger partial charge in [-0.15, -0.1) is 10.2 Å². The fourth-order valence-electron chi connectivity index (χ4n) is 4.73. The highest BCUT2D eigenvalue weighted by molar-refractivity contribution is 6.73. The molecule has 3 aromatic rings. The molecule has 0 saturated carbocycles. The van der Waals surface area contributed by atoms with Crippen LogP contribution in [0.5, 0.6) is 0 Å². The highest BCUT2D eigenvalue weighted by Crippen LogP contribution is 2.45. The average molecular weight is 631 g/mol. The lowest BCUT2D eigenvalue weighted by Gasteiger charge is -2.38. The summed E-state index contributed by atoms with van der Waals surface area (Å²) in [5.74, 6) is 0.210. The highest BCUT2D eigenvalue weighted by atomic mass is 35.5. The van der Waals surface area contributed by atoms with Gasteiger partial charge in [0.25, 0.3) is 0 Å². The Morgan fingerprint density at radius 3 is 2.24 bits per heavy atom. The van der Waals surface area contributed by atoms with Gasteiger partial charge in [-0.1, -0.05) is 46.2 Å². The number of benzene rings is 2. The summed E-state index contributed by atoms with van der Waals surface area (Å²) in [6.45, 7) is 19.6. The second-order valence-electron chi connectivity index (χ2n) is 13.8. The minimum Gasteiger partial charge on any atom is -0.432 e. The molecular formula is C31H44ClFN4O3Si2. The molecule has 2 aromatic carbocycles. The lowest BCUT2D eigenvalue weighted by atomic mass is 9.90. The van der Waals surface area contributed by atoms with Crippen molar-refractivity contribution in [2.75, 3.05) is 5.32 Å². The van der Waals surface area contributed by atoms with Crippen LogP contribution in [-0.4, -0.2) is 36.4 Å². The average Bonchev–Trinajstić information content (AvgIpc) is 3.34. The van der Waals surface area contributed by atoms with E-state index in [9.17, 15) is 19.2 Å². The van der Waals surface area contributed by atoms with Crippen LogP contribution in [0.1, 0.15) is 69.7 Å². The Kier molecular flexibility index (Phi) is 9.87. The Morgan fingerprint density at radius 1 is 1.05 bits per heavy atom. The van der Waals surface area contributed by atoms with Crippen molar-refractivity contribution >= 4 is 33.9 Å². The van der Waals surface area contributed by atoms with Crippen LogP contribution in [0.4, 0.5) is 10.1 Å². The summed E-state index contributed by atoms with van der Waals surface area (Å²) < 4.78 is 21.1. The summed E-state index contributed by atoms with van der Waals surface area (Å²) in [6.07, 6.45) is 1.05. The maximum absolute atomic E-state index is 14.9. The van der Waals surface area contributed by atoms with E-state index in [4.69, 9.17) is 16.0 Å². The molecule has 1 unspecified atom stereocenters. The van der Waals surface area contributed by atoms with E-state index in [1.165, 1.54) is 6.07 Å². The number of hydrogen-bond donors (Lipinski definition) is 3. The second-order valence-corrected chi connectivity index (χ2v) is 23.2. The van der Waals surface area contributed by atoms with Gasteiger partial charge in [0.15, 0.2) is 16.6 Å².